The molecule has 0 unspecified atom stereocenters. The Balaban J connectivity index is 1.99. The number of aliphatic hydroxyl groups is 1. The summed E-state index contributed by atoms with van der Waals surface area (Å²) in [4.78, 5) is 8.76. The number of β-amino-alcohol motifs (C(OH)–C–C–N with tert-alkyl or cyclic N) is 1. The fraction of sp³-hybridized carbons (Fsp3) is 0.538. The average Bonchev–Trinajstić information content (AvgIpc) is 2.65. The maximum atomic E-state index is 8.98. The number of aliphatic hydroxyl groups excluding tert-OH is 1. The average molecular weight is 263 g/mol. The number of aromatic nitrogens is 1. The molecule has 0 amide bonds. The van der Waals surface area contributed by atoms with E-state index in [0.29, 0.717) is 5.69 Å². The van der Waals surface area contributed by atoms with E-state index in [1.165, 1.54) is 0 Å². The Hall–Kier alpha value is -1.66. The standard InChI is InChI=1S/C13H21N5O/c14-13(15)12-3-2-11(10-16-12)18-5-1-4-17(6-7-18)8-9-19/h2-3,10,19H,1,4-9H2,(H3,14,15). The molecule has 19 heavy (non-hydrogen) atoms. The molecule has 0 saturated carbocycles. The highest BCUT2D eigenvalue weighted by molar-refractivity contribution is 5.93. The molecule has 0 aromatic carbocycles. The molecule has 0 atom stereocenters. The predicted molar refractivity (Wildman–Crippen MR) is 75.6 cm³/mol. The molecule has 1 aliphatic heterocycles. The largest absolute Gasteiger partial charge is 0.395 e. The summed E-state index contributed by atoms with van der Waals surface area (Å²) in [5, 5.41) is 16.3. The lowest BCUT2D eigenvalue weighted by atomic mass is 10.3. The number of nitrogen functional groups attached to an aromatic ring is 1. The fourth-order valence-electron chi connectivity index (χ4n) is 2.33. The van der Waals surface area contributed by atoms with Gasteiger partial charge < -0.3 is 15.7 Å². The van der Waals surface area contributed by atoms with Gasteiger partial charge in [-0.1, -0.05) is 0 Å². The van der Waals surface area contributed by atoms with Gasteiger partial charge in [-0.3, -0.25) is 15.3 Å². The van der Waals surface area contributed by atoms with Crippen molar-refractivity contribution in [2.75, 3.05) is 44.2 Å². The van der Waals surface area contributed by atoms with Gasteiger partial charge in [0, 0.05) is 26.2 Å². The number of anilines is 1. The number of amidine groups is 1. The van der Waals surface area contributed by atoms with Gasteiger partial charge in [-0.05, 0) is 25.1 Å². The van der Waals surface area contributed by atoms with Crippen LogP contribution in [-0.4, -0.2) is 60.2 Å². The first-order valence-electron chi connectivity index (χ1n) is 6.59. The lowest BCUT2D eigenvalue weighted by molar-refractivity contribution is 0.204. The summed E-state index contributed by atoms with van der Waals surface area (Å²) >= 11 is 0. The van der Waals surface area contributed by atoms with E-state index in [1.54, 1.807) is 12.3 Å². The van der Waals surface area contributed by atoms with Crippen molar-refractivity contribution < 1.29 is 5.11 Å². The number of pyridine rings is 1. The van der Waals surface area contributed by atoms with Gasteiger partial charge in [0.2, 0.25) is 0 Å². The van der Waals surface area contributed by atoms with Crippen LogP contribution >= 0.6 is 0 Å². The molecule has 104 valence electrons. The Morgan fingerprint density at radius 2 is 2.16 bits per heavy atom. The van der Waals surface area contributed by atoms with Crippen LogP contribution in [0.5, 0.6) is 0 Å². The Morgan fingerprint density at radius 1 is 1.32 bits per heavy atom. The Morgan fingerprint density at radius 3 is 2.79 bits per heavy atom. The molecular formula is C13H21N5O. The minimum Gasteiger partial charge on any atom is -0.395 e. The second kappa shape index (κ2) is 6.49. The van der Waals surface area contributed by atoms with Gasteiger partial charge in [0.05, 0.1) is 18.5 Å². The molecule has 0 bridgehead atoms. The molecule has 1 aromatic heterocycles. The highest BCUT2D eigenvalue weighted by atomic mass is 16.3. The van der Waals surface area contributed by atoms with E-state index < -0.39 is 0 Å². The molecule has 2 heterocycles. The first-order chi connectivity index (χ1) is 9.20. The van der Waals surface area contributed by atoms with Crippen molar-refractivity contribution >= 4 is 11.5 Å². The molecule has 0 spiro atoms. The monoisotopic (exact) mass is 263 g/mol. The Kier molecular flexibility index (Phi) is 4.70. The fourth-order valence-corrected chi connectivity index (χ4v) is 2.33. The molecule has 6 nitrogen and oxygen atoms in total. The molecule has 0 aliphatic carbocycles. The molecule has 1 aliphatic rings. The summed E-state index contributed by atoms with van der Waals surface area (Å²) in [5.74, 6) is -0.00321. The van der Waals surface area contributed by atoms with Crippen molar-refractivity contribution in [2.24, 2.45) is 5.73 Å². The van der Waals surface area contributed by atoms with Gasteiger partial charge >= 0.3 is 0 Å². The third kappa shape index (κ3) is 3.65. The molecular weight excluding hydrogens is 242 g/mol. The zero-order chi connectivity index (χ0) is 13.7. The van der Waals surface area contributed by atoms with Crippen LogP contribution in [-0.2, 0) is 0 Å². The van der Waals surface area contributed by atoms with Gasteiger partial charge in [0.15, 0.2) is 0 Å². The summed E-state index contributed by atoms with van der Waals surface area (Å²) in [5.41, 5.74) is 6.98. The summed E-state index contributed by atoms with van der Waals surface area (Å²) in [6.07, 6.45) is 2.85. The van der Waals surface area contributed by atoms with E-state index in [1.807, 2.05) is 6.07 Å². The van der Waals surface area contributed by atoms with Gasteiger partial charge in [-0.2, -0.15) is 0 Å². The summed E-state index contributed by atoms with van der Waals surface area (Å²) in [7, 11) is 0. The van der Waals surface area contributed by atoms with Crippen molar-refractivity contribution in [3.63, 3.8) is 0 Å². The summed E-state index contributed by atoms with van der Waals surface area (Å²) in [6, 6.07) is 3.75. The number of nitrogens with zero attached hydrogens (tertiary/aromatic N) is 3. The van der Waals surface area contributed by atoms with E-state index >= 15 is 0 Å². The number of rotatable bonds is 4. The molecule has 1 aromatic rings. The normalized spacial score (nSPS) is 17.2. The lowest BCUT2D eigenvalue weighted by Crippen LogP contribution is -2.32. The lowest BCUT2D eigenvalue weighted by Gasteiger charge is -2.23. The SMILES string of the molecule is N=C(N)c1ccc(N2CCCN(CCO)CC2)cn1. The number of hydrogen-bond donors (Lipinski definition) is 3. The molecule has 0 radical (unpaired) electrons. The molecule has 4 N–H and O–H groups in total. The van der Waals surface area contributed by atoms with Crippen LogP contribution < -0.4 is 10.6 Å². The maximum Gasteiger partial charge on any atom is 0.141 e. The van der Waals surface area contributed by atoms with Crippen molar-refractivity contribution in [3.05, 3.63) is 24.0 Å². The van der Waals surface area contributed by atoms with E-state index in [0.717, 1.165) is 44.8 Å². The van der Waals surface area contributed by atoms with Crippen LogP contribution in [0.25, 0.3) is 0 Å². The first kappa shape index (κ1) is 13.8. The molecule has 2 rings (SSSR count). The van der Waals surface area contributed by atoms with Crippen LogP contribution in [0.15, 0.2) is 18.3 Å². The molecule has 6 heteroatoms. The van der Waals surface area contributed by atoms with Crippen molar-refractivity contribution in [2.45, 2.75) is 6.42 Å². The van der Waals surface area contributed by atoms with Crippen LogP contribution in [0.1, 0.15) is 12.1 Å². The van der Waals surface area contributed by atoms with Gasteiger partial charge in [0.25, 0.3) is 0 Å². The number of nitrogens with two attached hydrogens (primary N) is 1. The zero-order valence-electron chi connectivity index (χ0n) is 11.0. The van der Waals surface area contributed by atoms with Crippen LogP contribution in [0, 0.1) is 5.41 Å². The second-order valence-corrected chi connectivity index (χ2v) is 4.72. The van der Waals surface area contributed by atoms with Crippen molar-refractivity contribution in [3.8, 4) is 0 Å². The van der Waals surface area contributed by atoms with E-state index in [-0.39, 0.29) is 12.4 Å². The second-order valence-electron chi connectivity index (χ2n) is 4.72. The van der Waals surface area contributed by atoms with Gasteiger partial charge in [0.1, 0.15) is 11.5 Å². The third-order valence-corrected chi connectivity index (χ3v) is 3.39. The Labute approximate surface area is 113 Å². The summed E-state index contributed by atoms with van der Waals surface area (Å²) < 4.78 is 0. The first-order valence-corrected chi connectivity index (χ1v) is 6.59. The smallest absolute Gasteiger partial charge is 0.141 e. The molecule has 1 fully saturated rings. The van der Waals surface area contributed by atoms with Gasteiger partial charge in [-0.25, -0.2) is 0 Å². The minimum atomic E-state index is -0.00321. The number of hydrogen-bond acceptors (Lipinski definition) is 5. The predicted octanol–water partition coefficient (Wildman–Crippen LogP) is -0.130. The van der Waals surface area contributed by atoms with Crippen LogP contribution in [0.3, 0.4) is 0 Å². The van der Waals surface area contributed by atoms with Gasteiger partial charge in [-0.15, -0.1) is 0 Å². The van der Waals surface area contributed by atoms with Crippen LogP contribution in [0.2, 0.25) is 0 Å². The highest BCUT2D eigenvalue weighted by Gasteiger charge is 2.15. The Bertz CT molecular complexity index is 420. The van der Waals surface area contributed by atoms with Crippen molar-refractivity contribution in [1.82, 2.24) is 9.88 Å². The zero-order valence-corrected chi connectivity index (χ0v) is 11.0. The topological polar surface area (TPSA) is 89.5 Å². The quantitative estimate of drug-likeness (QED) is 0.520. The maximum absolute atomic E-state index is 8.98. The van der Waals surface area contributed by atoms with Crippen molar-refractivity contribution in [1.29, 1.82) is 5.41 Å². The van der Waals surface area contributed by atoms with E-state index in [9.17, 15) is 0 Å². The third-order valence-electron chi connectivity index (χ3n) is 3.39. The van der Waals surface area contributed by atoms with E-state index in [4.69, 9.17) is 16.2 Å². The number of nitrogens with one attached hydrogen (secondary N) is 1. The minimum absolute atomic E-state index is 0.00321. The van der Waals surface area contributed by atoms with Crippen LogP contribution in [0.4, 0.5) is 5.69 Å². The highest BCUT2D eigenvalue weighted by Crippen LogP contribution is 2.15. The molecule has 1 saturated heterocycles. The van der Waals surface area contributed by atoms with E-state index in [2.05, 4.69) is 14.8 Å². The summed E-state index contributed by atoms with van der Waals surface area (Å²) in [6.45, 7) is 4.86.